The maximum Gasteiger partial charge on any atom is 0.0930 e. The number of rotatable bonds is 1. The fraction of sp³-hybridized carbons (Fsp3) is 0.692. The third-order valence-electron chi connectivity index (χ3n) is 3.11. The number of thiophene rings is 1. The van der Waals surface area contributed by atoms with E-state index in [1.807, 2.05) is 11.3 Å². The third-order valence-corrected chi connectivity index (χ3v) is 4.39. The molecule has 0 radical (unpaired) electrons. The van der Waals surface area contributed by atoms with Crippen molar-refractivity contribution in [3.05, 3.63) is 21.4 Å². The number of fused-ring (bicyclic) bond motifs is 1. The van der Waals surface area contributed by atoms with E-state index in [-0.39, 0.29) is 11.5 Å². The number of hydrogen-bond acceptors (Lipinski definition) is 2. The van der Waals surface area contributed by atoms with Crippen molar-refractivity contribution in [3.8, 4) is 0 Å². The smallest absolute Gasteiger partial charge is 0.0930 e. The van der Waals surface area contributed by atoms with Gasteiger partial charge in [-0.1, -0.05) is 20.8 Å². The molecule has 1 nitrogen and oxygen atoms in total. The lowest BCUT2D eigenvalue weighted by Crippen LogP contribution is -2.16. The zero-order chi connectivity index (χ0) is 11.1. The molecular formula is C13H20OS. The molecule has 0 fully saturated rings. The highest BCUT2D eigenvalue weighted by Crippen LogP contribution is 2.39. The Kier molecular flexibility index (Phi) is 2.91. The van der Waals surface area contributed by atoms with Crippen LogP contribution in [0.2, 0.25) is 0 Å². The summed E-state index contributed by atoms with van der Waals surface area (Å²) in [5, 5.41) is 10.2. The van der Waals surface area contributed by atoms with Gasteiger partial charge in [0.1, 0.15) is 0 Å². The van der Waals surface area contributed by atoms with Crippen LogP contribution in [0.25, 0.3) is 0 Å². The molecule has 2 heteroatoms. The van der Waals surface area contributed by atoms with Gasteiger partial charge in [-0.15, -0.1) is 11.3 Å². The van der Waals surface area contributed by atoms with Crippen molar-refractivity contribution in [2.24, 2.45) is 5.41 Å². The van der Waals surface area contributed by atoms with Gasteiger partial charge in [0.25, 0.3) is 0 Å². The quantitative estimate of drug-likeness (QED) is 0.771. The Morgan fingerprint density at radius 1 is 1.27 bits per heavy atom. The van der Waals surface area contributed by atoms with Gasteiger partial charge in [-0.25, -0.2) is 0 Å². The molecule has 0 amide bonds. The summed E-state index contributed by atoms with van der Waals surface area (Å²) in [6, 6.07) is 2.23. The van der Waals surface area contributed by atoms with Crippen LogP contribution in [0.5, 0.6) is 0 Å². The predicted molar refractivity (Wildman–Crippen MR) is 65.4 cm³/mol. The van der Waals surface area contributed by atoms with Gasteiger partial charge in [0.15, 0.2) is 0 Å². The van der Waals surface area contributed by atoms with Crippen molar-refractivity contribution in [1.82, 2.24) is 0 Å². The summed E-state index contributed by atoms with van der Waals surface area (Å²) in [6.07, 6.45) is 4.75. The molecule has 1 unspecified atom stereocenters. The third kappa shape index (κ3) is 2.26. The van der Waals surface area contributed by atoms with Crippen LogP contribution >= 0.6 is 11.3 Å². The Labute approximate surface area is 96.1 Å². The second-order valence-electron chi connectivity index (χ2n) is 5.57. The van der Waals surface area contributed by atoms with Crippen LogP contribution in [-0.4, -0.2) is 5.11 Å². The van der Waals surface area contributed by atoms with E-state index in [1.165, 1.54) is 36.1 Å². The Bertz CT molecular complexity index is 322. The molecule has 1 aliphatic carbocycles. The molecular weight excluding hydrogens is 204 g/mol. The van der Waals surface area contributed by atoms with Gasteiger partial charge >= 0.3 is 0 Å². The molecule has 1 N–H and O–H groups in total. The summed E-state index contributed by atoms with van der Waals surface area (Å²) in [5.41, 5.74) is 1.44. The molecule has 1 aromatic heterocycles. The van der Waals surface area contributed by atoms with Crippen LogP contribution in [0.3, 0.4) is 0 Å². The number of aryl methyl sites for hydroxylation is 2. The zero-order valence-electron chi connectivity index (χ0n) is 9.84. The minimum Gasteiger partial charge on any atom is -0.387 e. The monoisotopic (exact) mass is 224 g/mol. The molecule has 15 heavy (non-hydrogen) atoms. The van der Waals surface area contributed by atoms with Gasteiger partial charge in [-0.2, -0.15) is 0 Å². The molecule has 0 aromatic carbocycles. The second kappa shape index (κ2) is 3.91. The minimum absolute atomic E-state index is 0.0482. The fourth-order valence-corrected chi connectivity index (χ4v) is 3.56. The lowest BCUT2D eigenvalue weighted by atomic mass is 9.88. The van der Waals surface area contributed by atoms with E-state index < -0.39 is 0 Å². The Morgan fingerprint density at radius 2 is 1.93 bits per heavy atom. The van der Waals surface area contributed by atoms with Crippen molar-refractivity contribution in [3.63, 3.8) is 0 Å². The number of aliphatic hydroxyl groups excluding tert-OH is 1. The van der Waals surface area contributed by atoms with E-state index in [1.54, 1.807) is 0 Å². The molecule has 84 valence electrons. The molecule has 1 aromatic rings. The van der Waals surface area contributed by atoms with Crippen LogP contribution in [-0.2, 0) is 12.8 Å². The highest BCUT2D eigenvalue weighted by Gasteiger charge is 2.26. The van der Waals surface area contributed by atoms with Crippen LogP contribution in [0.4, 0.5) is 0 Å². The first-order valence-corrected chi connectivity index (χ1v) is 6.59. The van der Waals surface area contributed by atoms with Crippen molar-refractivity contribution in [1.29, 1.82) is 0 Å². The van der Waals surface area contributed by atoms with E-state index in [9.17, 15) is 5.11 Å². The first-order chi connectivity index (χ1) is 6.98. The topological polar surface area (TPSA) is 20.2 Å². The van der Waals surface area contributed by atoms with Gasteiger partial charge < -0.3 is 5.11 Å². The van der Waals surface area contributed by atoms with Gasteiger partial charge in [0, 0.05) is 9.75 Å². The SMILES string of the molecule is CC(C)(C)C(O)c1cc2c(s1)CCCC2. The summed E-state index contributed by atoms with van der Waals surface area (Å²) < 4.78 is 0. The van der Waals surface area contributed by atoms with Gasteiger partial charge in [0.05, 0.1) is 6.10 Å². The summed E-state index contributed by atoms with van der Waals surface area (Å²) in [5.74, 6) is 0. The lowest BCUT2D eigenvalue weighted by Gasteiger charge is -2.24. The summed E-state index contributed by atoms with van der Waals surface area (Å²) >= 11 is 1.82. The molecule has 2 rings (SSSR count). The van der Waals surface area contributed by atoms with Crippen LogP contribution in [0, 0.1) is 5.41 Å². The molecule has 0 spiro atoms. The Balaban J connectivity index is 2.26. The Hall–Kier alpha value is -0.340. The van der Waals surface area contributed by atoms with E-state index >= 15 is 0 Å². The van der Waals surface area contributed by atoms with Gasteiger partial charge in [-0.05, 0) is 42.7 Å². The highest BCUT2D eigenvalue weighted by molar-refractivity contribution is 7.12. The fourth-order valence-electron chi connectivity index (χ4n) is 2.08. The van der Waals surface area contributed by atoms with E-state index in [0.29, 0.717) is 0 Å². The molecule has 1 atom stereocenters. The minimum atomic E-state index is -0.312. The predicted octanol–water partition coefficient (Wildman–Crippen LogP) is 3.71. The van der Waals surface area contributed by atoms with Crippen molar-refractivity contribution in [2.45, 2.75) is 52.6 Å². The molecule has 0 bridgehead atoms. The maximum absolute atomic E-state index is 10.2. The second-order valence-corrected chi connectivity index (χ2v) is 6.74. The lowest BCUT2D eigenvalue weighted by molar-refractivity contribution is 0.0658. The number of aliphatic hydroxyl groups is 1. The standard InChI is InChI=1S/C13H20OS/c1-13(2,3)12(14)11-8-9-6-4-5-7-10(9)15-11/h8,12,14H,4-7H2,1-3H3. The summed E-state index contributed by atoms with van der Waals surface area (Å²) in [7, 11) is 0. The van der Waals surface area contributed by atoms with Crippen LogP contribution < -0.4 is 0 Å². The van der Waals surface area contributed by atoms with Crippen LogP contribution in [0.15, 0.2) is 6.07 Å². The highest BCUT2D eigenvalue weighted by atomic mass is 32.1. The summed E-state index contributed by atoms with van der Waals surface area (Å²) in [6.45, 7) is 6.28. The molecule has 1 heterocycles. The maximum atomic E-state index is 10.2. The average molecular weight is 224 g/mol. The van der Waals surface area contributed by atoms with E-state index in [4.69, 9.17) is 0 Å². The normalized spacial score (nSPS) is 18.7. The molecule has 0 saturated heterocycles. The van der Waals surface area contributed by atoms with Crippen molar-refractivity contribution >= 4 is 11.3 Å². The molecule has 0 aliphatic heterocycles. The zero-order valence-corrected chi connectivity index (χ0v) is 10.7. The van der Waals surface area contributed by atoms with Gasteiger partial charge in [0.2, 0.25) is 0 Å². The van der Waals surface area contributed by atoms with Crippen LogP contribution in [0.1, 0.15) is 55.0 Å². The first-order valence-electron chi connectivity index (χ1n) is 5.78. The van der Waals surface area contributed by atoms with Gasteiger partial charge in [-0.3, -0.25) is 0 Å². The van der Waals surface area contributed by atoms with Crippen molar-refractivity contribution < 1.29 is 5.11 Å². The molecule has 1 aliphatic rings. The summed E-state index contributed by atoms with van der Waals surface area (Å²) in [4.78, 5) is 2.67. The van der Waals surface area contributed by atoms with Crippen molar-refractivity contribution in [2.75, 3.05) is 0 Å². The molecule has 0 saturated carbocycles. The first kappa shape index (κ1) is 11.2. The average Bonchev–Trinajstić information content (AvgIpc) is 2.58. The number of hydrogen-bond donors (Lipinski definition) is 1. The van der Waals surface area contributed by atoms with E-state index in [2.05, 4.69) is 26.8 Å². The van der Waals surface area contributed by atoms with E-state index in [0.717, 1.165) is 4.88 Å². The largest absolute Gasteiger partial charge is 0.387 e. The Morgan fingerprint density at radius 3 is 2.53 bits per heavy atom.